The summed E-state index contributed by atoms with van der Waals surface area (Å²) in [5.41, 5.74) is 0. The molecule has 1 aliphatic carbocycles. The molecule has 94 valence electrons. The highest BCUT2D eigenvalue weighted by Gasteiger charge is 2.20. The molecule has 2 nitrogen and oxygen atoms in total. The summed E-state index contributed by atoms with van der Waals surface area (Å²) in [7, 11) is 3.78. The van der Waals surface area contributed by atoms with Crippen molar-refractivity contribution in [1.82, 2.24) is 5.32 Å². The molecule has 0 saturated heterocycles. The van der Waals surface area contributed by atoms with Gasteiger partial charge >= 0.3 is 0 Å². The van der Waals surface area contributed by atoms with Gasteiger partial charge in [0, 0.05) is 16.2 Å². The standard InChI is InChI=1S/C14H21NOS/c1-15-11-3-7-13(8-4-11)17-14-9-5-12(16-2)6-10-14/h5-6,9-11,13,15H,3-4,7-8H2,1-2H3. The summed E-state index contributed by atoms with van der Waals surface area (Å²) in [6.07, 6.45) is 5.26. The van der Waals surface area contributed by atoms with E-state index in [0.717, 1.165) is 17.0 Å². The molecule has 0 radical (unpaired) electrons. The van der Waals surface area contributed by atoms with Gasteiger partial charge in [-0.05, 0) is 57.0 Å². The van der Waals surface area contributed by atoms with Gasteiger partial charge in [0.05, 0.1) is 7.11 Å². The van der Waals surface area contributed by atoms with Gasteiger partial charge in [0.25, 0.3) is 0 Å². The average molecular weight is 251 g/mol. The Labute approximate surface area is 108 Å². The van der Waals surface area contributed by atoms with Crippen molar-refractivity contribution in [2.45, 2.75) is 41.9 Å². The van der Waals surface area contributed by atoms with Crippen LogP contribution in [0.15, 0.2) is 29.2 Å². The monoisotopic (exact) mass is 251 g/mol. The van der Waals surface area contributed by atoms with Gasteiger partial charge in [-0.2, -0.15) is 0 Å². The fraction of sp³-hybridized carbons (Fsp3) is 0.571. The Kier molecular flexibility index (Phi) is 4.75. The first kappa shape index (κ1) is 12.8. The summed E-state index contributed by atoms with van der Waals surface area (Å²) in [6, 6.07) is 9.15. The lowest BCUT2D eigenvalue weighted by Gasteiger charge is -2.27. The maximum atomic E-state index is 5.17. The highest BCUT2D eigenvalue weighted by Crippen LogP contribution is 2.34. The Morgan fingerprint density at radius 1 is 1.12 bits per heavy atom. The average Bonchev–Trinajstić information content (AvgIpc) is 2.40. The number of ether oxygens (including phenoxy) is 1. The molecule has 0 spiro atoms. The first-order valence-electron chi connectivity index (χ1n) is 6.30. The van der Waals surface area contributed by atoms with Crippen molar-refractivity contribution < 1.29 is 4.74 Å². The zero-order valence-electron chi connectivity index (χ0n) is 10.6. The van der Waals surface area contributed by atoms with Crippen LogP contribution in [0.1, 0.15) is 25.7 Å². The van der Waals surface area contributed by atoms with E-state index in [0.29, 0.717) is 0 Å². The molecule has 0 aromatic heterocycles. The lowest BCUT2D eigenvalue weighted by molar-refractivity contribution is 0.401. The lowest BCUT2D eigenvalue weighted by Crippen LogP contribution is -2.30. The van der Waals surface area contributed by atoms with E-state index < -0.39 is 0 Å². The number of rotatable bonds is 4. The maximum absolute atomic E-state index is 5.17. The molecule has 1 aromatic carbocycles. The normalized spacial score (nSPS) is 24.6. The van der Waals surface area contributed by atoms with Gasteiger partial charge in [-0.3, -0.25) is 0 Å². The van der Waals surface area contributed by atoms with Crippen molar-refractivity contribution in [3.8, 4) is 5.75 Å². The van der Waals surface area contributed by atoms with E-state index in [1.807, 2.05) is 23.9 Å². The smallest absolute Gasteiger partial charge is 0.118 e. The van der Waals surface area contributed by atoms with Crippen LogP contribution in [0.5, 0.6) is 5.75 Å². The number of benzene rings is 1. The Balaban J connectivity index is 1.84. The van der Waals surface area contributed by atoms with Crippen molar-refractivity contribution in [3.05, 3.63) is 24.3 Å². The van der Waals surface area contributed by atoms with Crippen LogP contribution in [0.25, 0.3) is 0 Å². The first-order valence-corrected chi connectivity index (χ1v) is 7.17. The third-order valence-corrected chi connectivity index (χ3v) is 4.79. The molecule has 1 saturated carbocycles. The van der Waals surface area contributed by atoms with Crippen LogP contribution in [0.2, 0.25) is 0 Å². The molecule has 17 heavy (non-hydrogen) atoms. The Bertz CT molecular complexity index is 331. The molecule has 0 atom stereocenters. The second kappa shape index (κ2) is 6.31. The van der Waals surface area contributed by atoms with Gasteiger partial charge in [-0.25, -0.2) is 0 Å². The Morgan fingerprint density at radius 3 is 2.29 bits per heavy atom. The van der Waals surface area contributed by atoms with Crippen LogP contribution >= 0.6 is 11.8 Å². The van der Waals surface area contributed by atoms with Gasteiger partial charge < -0.3 is 10.1 Å². The summed E-state index contributed by atoms with van der Waals surface area (Å²) in [4.78, 5) is 1.36. The number of hydrogen-bond acceptors (Lipinski definition) is 3. The second-order valence-corrected chi connectivity index (χ2v) is 5.93. The molecule has 1 N–H and O–H groups in total. The van der Waals surface area contributed by atoms with Gasteiger partial charge in [-0.15, -0.1) is 11.8 Å². The van der Waals surface area contributed by atoms with E-state index in [1.54, 1.807) is 7.11 Å². The van der Waals surface area contributed by atoms with Crippen molar-refractivity contribution in [3.63, 3.8) is 0 Å². The maximum Gasteiger partial charge on any atom is 0.118 e. The number of methoxy groups -OCH3 is 1. The summed E-state index contributed by atoms with van der Waals surface area (Å²) >= 11 is 2.01. The van der Waals surface area contributed by atoms with Crippen LogP contribution in [-0.4, -0.2) is 25.4 Å². The molecule has 1 aromatic rings. The molecule has 0 heterocycles. The quantitative estimate of drug-likeness (QED) is 0.887. The summed E-state index contributed by atoms with van der Waals surface area (Å²) in [5, 5.41) is 4.16. The number of nitrogens with one attached hydrogen (secondary N) is 1. The zero-order valence-corrected chi connectivity index (χ0v) is 11.4. The predicted octanol–water partition coefficient (Wildman–Crippen LogP) is 3.32. The molecule has 1 aliphatic rings. The third-order valence-electron chi connectivity index (χ3n) is 3.44. The van der Waals surface area contributed by atoms with E-state index in [9.17, 15) is 0 Å². The molecule has 0 bridgehead atoms. The fourth-order valence-corrected chi connectivity index (χ4v) is 3.50. The van der Waals surface area contributed by atoms with E-state index in [-0.39, 0.29) is 0 Å². The third kappa shape index (κ3) is 3.65. The Hall–Kier alpha value is -0.670. The minimum absolute atomic E-state index is 0.739. The topological polar surface area (TPSA) is 21.3 Å². The summed E-state index contributed by atoms with van der Waals surface area (Å²) in [5.74, 6) is 0.938. The van der Waals surface area contributed by atoms with Crippen molar-refractivity contribution in [2.75, 3.05) is 14.2 Å². The van der Waals surface area contributed by atoms with E-state index in [1.165, 1.54) is 30.6 Å². The predicted molar refractivity (Wildman–Crippen MR) is 74.0 cm³/mol. The summed E-state index contributed by atoms with van der Waals surface area (Å²) in [6.45, 7) is 0. The van der Waals surface area contributed by atoms with Gasteiger partial charge in [0.2, 0.25) is 0 Å². The van der Waals surface area contributed by atoms with Crippen molar-refractivity contribution >= 4 is 11.8 Å². The van der Waals surface area contributed by atoms with Crippen LogP contribution in [0.4, 0.5) is 0 Å². The number of thioether (sulfide) groups is 1. The minimum atomic E-state index is 0.739. The molecular weight excluding hydrogens is 230 g/mol. The van der Waals surface area contributed by atoms with Crippen LogP contribution in [0.3, 0.4) is 0 Å². The molecule has 0 aliphatic heterocycles. The van der Waals surface area contributed by atoms with Gasteiger partial charge in [0.15, 0.2) is 0 Å². The van der Waals surface area contributed by atoms with Crippen molar-refractivity contribution in [1.29, 1.82) is 0 Å². The largest absolute Gasteiger partial charge is 0.497 e. The van der Waals surface area contributed by atoms with Gasteiger partial charge in [0.1, 0.15) is 5.75 Å². The summed E-state index contributed by atoms with van der Waals surface area (Å²) < 4.78 is 5.17. The van der Waals surface area contributed by atoms with E-state index in [4.69, 9.17) is 4.74 Å². The van der Waals surface area contributed by atoms with Crippen LogP contribution < -0.4 is 10.1 Å². The molecule has 0 amide bonds. The van der Waals surface area contributed by atoms with Crippen molar-refractivity contribution in [2.24, 2.45) is 0 Å². The molecule has 0 unspecified atom stereocenters. The molecular formula is C14H21NOS. The van der Waals surface area contributed by atoms with E-state index >= 15 is 0 Å². The van der Waals surface area contributed by atoms with Gasteiger partial charge in [-0.1, -0.05) is 0 Å². The Morgan fingerprint density at radius 2 is 1.76 bits per heavy atom. The highest BCUT2D eigenvalue weighted by molar-refractivity contribution is 8.00. The molecule has 3 heteroatoms. The fourth-order valence-electron chi connectivity index (χ4n) is 2.32. The minimum Gasteiger partial charge on any atom is -0.497 e. The first-order chi connectivity index (χ1) is 8.31. The van der Waals surface area contributed by atoms with Crippen LogP contribution in [0, 0.1) is 0 Å². The van der Waals surface area contributed by atoms with Crippen LogP contribution in [-0.2, 0) is 0 Å². The lowest BCUT2D eigenvalue weighted by atomic mass is 9.95. The SMILES string of the molecule is CNC1CCC(Sc2ccc(OC)cc2)CC1. The second-order valence-electron chi connectivity index (χ2n) is 4.56. The zero-order chi connectivity index (χ0) is 12.1. The molecule has 1 fully saturated rings. The molecule has 2 rings (SSSR count). The van der Waals surface area contributed by atoms with E-state index in [2.05, 4.69) is 24.5 Å². The highest BCUT2D eigenvalue weighted by atomic mass is 32.2. The number of hydrogen-bond donors (Lipinski definition) is 1.